The maximum absolute atomic E-state index is 12.3. The highest BCUT2D eigenvalue weighted by molar-refractivity contribution is 6.03. The lowest BCUT2D eigenvalue weighted by Gasteiger charge is -2.10. The zero-order chi connectivity index (χ0) is 22.5. The van der Waals surface area contributed by atoms with Crippen molar-refractivity contribution in [3.8, 4) is 0 Å². The number of hydrogen-bond donors (Lipinski definition) is 0. The predicted molar refractivity (Wildman–Crippen MR) is 108 cm³/mol. The zero-order valence-electron chi connectivity index (χ0n) is 17.6. The minimum absolute atomic E-state index is 0.0141. The van der Waals surface area contributed by atoms with Crippen LogP contribution in [0.15, 0.2) is 47.6 Å². The van der Waals surface area contributed by atoms with E-state index in [9.17, 15) is 19.2 Å². The van der Waals surface area contributed by atoms with E-state index in [4.69, 9.17) is 18.9 Å². The monoisotopic (exact) mass is 418 g/mol. The summed E-state index contributed by atoms with van der Waals surface area (Å²) in [6.07, 6.45) is 3.22. The van der Waals surface area contributed by atoms with E-state index in [1.54, 1.807) is 52.0 Å². The van der Waals surface area contributed by atoms with Gasteiger partial charge in [0.05, 0.1) is 11.1 Å². The molecular formula is C22H26O8. The highest BCUT2D eigenvalue weighted by atomic mass is 16.6. The van der Waals surface area contributed by atoms with Crippen molar-refractivity contribution in [2.75, 3.05) is 26.4 Å². The van der Waals surface area contributed by atoms with Gasteiger partial charge in [0.15, 0.2) is 0 Å². The summed E-state index contributed by atoms with van der Waals surface area (Å²) < 4.78 is 20.0. The van der Waals surface area contributed by atoms with Gasteiger partial charge >= 0.3 is 23.9 Å². The van der Waals surface area contributed by atoms with Crippen LogP contribution in [0.25, 0.3) is 0 Å². The fourth-order valence-corrected chi connectivity index (χ4v) is 2.00. The van der Waals surface area contributed by atoms with E-state index in [0.29, 0.717) is 11.1 Å². The molecular weight excluding hydrogens is 392 g/mol. The van der Waals surface area contributed by atoms with Crippen molar-refractivity contribution in [3.63, 3.8) is 0 Å². The second kappa shape index (κ2) is 12.9. The van der Waals surface area contributed by atoms with E-state index in [2.05, 4.69) is 0 Å². The normalized spacial score (nSPS) is 11.5. The van der Waals surface area contributed by atoms with Crippen LogP contribution in [0.4, 0.5) is 0 Å². The van der Waals surface area contributed by atoms with Crippen molar-refractivity contribution >= 4 is 23.9 Å². The Morgan fingerprint density at radius 2 is 1.00 bits per heavy atom. The van der Waals surface area contributed by atoms with Crippen LogP contribution in [-0.2, 0) is 28.5 Å². The van der Waals surface area contributed by atoms with Crippen molar-refractivity contribution in [2.24, 2.45) is 0 Å². The summed E-state index contributed by atoms with van der Waals surface area (Å²) in [6, 6.07) is 5.99. The third-order valence-electron chi connectivity index (χ3n) is 3.98. The maximum Gasteiger partial charge on any atom is 0.339 e. The van der Waals surface area contributed by atoms with Crippen molar-refractivity contribution in [2.45, 2.75) is 27.7 Å². The molecule has 0 amide bonds. The molecule has 0 aliphatic carbocycles. The first-order valence-electron chi connectivity index (χ1n) is 9.35. The molecule has 0 radical (unpaired) electrons. The Labute approximate surface area is 175 Å². The summed E-state index contributed by atoms with van der Waals surface area (Å²) in [6.45, 7) is 6.09. The Hall–Kier alpha value is -3.42. The molecule has 0 aliphatic rings. The van der Waals surface area contributed by atoms with Crippen LogP contribution in [0.3, 0.4) is 0 Å². The second-order valence-corrected chi connectivity index (χ2v) is 6.03. The molecule has 1 aromatic rings. The topological polar surface area (TPSA) is 105 Å². The Balaban J connectivity index is 2.56. The van der Waals surface area contributed by atoms with Gasteiger partial charge in [-0.25, -0.2) is 19.2 Å². The number of allylic oxidation sites excluding steroid dienone is 2. The molecule has 0 aliphatic heterocycles. The molecule has 0 bridgehead atoms. The number of rotatable bonds is 10. The van der Waals surface area contributed by atoms with Gasteiger partial charge in [-0.05, 0) is 39.8 Å². The Bertz CT molecular complexity index is 766. The fourth-order valence-electron chi connectivity index (χ4n) is 2.00. The van der Waals surface area contributed by atoms with E-state index >= 15 is 0 Å². The van der Waals surface area contributed by atoms with Gasteiger partial charge < -0.3 is 18.9 Å². The van der Waals surface area contributed by atoms with Crippen LogP contribution in [0, 0.1) is 0 Å². The first-order valence-corrected chi connectivity index (χ1v) is 9.35. The first kappa shape index (κ1) is 24.6. The summed E-state index contributed by atoms with van der Waals surface area (Å²) in [5, 5.41) is 0. The number of carbonyl (C=O) groups excluding carboxylic acids is 4. The predicted octanol–water partition coefficient (Wildman–Crippen LogP) is 3.02. The van der Waals surface area contributed by atoms with Crippen molar-refractivity contribution in [1.29, 1.82) is 0 Å². The van der Waals surface area contributed by atoms with Gasteiger partial charge in [-0.3, -0.25) is 0 Å². The SMILES string of the molecule is CC=C(C)C(=O)OCCOC(=O)c1ccccc1C(=O)OCCOC(=O)C(C)=CC. The molecule has 0 saturated carbocycles. The van der Waals surface area contributed by atoms with E-state index in [0.717, 1.165) is 0 Å². The molecule has 8 nitrogen and oxygen atoms in total. The zero-order valence-corrected chi connectivity index (χ0v) is 17.6. The molecule has 0 aromatic heterocycles. The van der Waals surface area contributed by atoms with Crippen LogP contribution in [0.2, 0.25) is 0 Å². The van der Waals surface area contributed by atoms with Gasteiger partial charge in [0.25, 0.3) is 0 Å². The lowest BCUT2D eigenvalue weighted by molar-refractivity contribution is -0.140. The molecule has 0 fully saturated rings. The molecule has 0 N–H and O–H groups in total. The maximum atomic E-state index is 12.3. The second-order valence-electron chi connectivity index (χ2n) is 6.03. The molecule has 1 aromatic carbocycles. The quantitative estimate of drug-likeness (QED) is 0.247. The number of ether oxygens (including phenoxy) is 4. The number of hydrogen-bond acceptors (Lipinski definition) is 8. The lowest BCUT2D eigenvalue weighted by Crippen LogP contribution is -2.19. The largest absolute Gasteiger partial charge is 0.459 e. The van der Waals surface area contributed by atoms with Gasteiger partial charge in [0, 0.05) is 11.1 Å². The van der Waals surface area contributed by atoms with E-state index < -0.39 is 23.9 Å². The molecule has 0 unspecified atom stereocenters. The molecule has 0 saturated heterocycles. The van der Waals surface area contributed by atoms with Crippen LogP contribution in [-0.4, -0.2) is 50.3 Å². The number of esters is 4. The summed E-state index contributed by atoms with van der Waals surface area (Å²) in [7, 11) is 0. The van der Waals surface area contributed by atoms with Crippen molar-refractivity contribution < 1.29 is 38.1 Å². The van der Waals surface area contributed by atoms with Crippen LogP contribution >= 0.6 is 0 Å². The molecule has 0 atom stereocenters. The van der Waals surface area contributed by atoms with Crippen molar-refractivity contribution in [3.05, 3.63) is 58.7 Å². The average molecular weight is 418 g/mol. The fraction of sp³-hybridized carbons (Fsp3) is 0.364. The van der Waals surface area contributed by atoms with Gasteiger partial charge in [-0.15, -0.1) is 0 Å². The molecule has 162 valence electrons. The van der Waals surface area contributed by atoms with Gasteiger partial charge in [-0.2, -0.15) is 0 Å². The molecule has 0 heterocycles. The Morgan fingerprint density at radius 1 is 0.667 bits per heavy atom. The smallest absolute Gasteiger partial charge is 0.339 e. The Kier molecular flexibility index (Phi) is 10.6. The van der Waals surface area contributed by atoms with Crippen molar-refractivity contribution in [1.82, 2.24) is 0 Å². The highest BCUT2D eigenvalue weighted by Gasteiger charge is 2.19. The standard InChI is InChI=1S/C22H26O8/c1-5-15(3)19(23)27-11-13-29-21(25)17-9-7-8-10-18(17)22(26)30-14-12-28-20(24)16(4)6-2/h5-10H,11-14H2,1-4H3. The summed E-state index contributed by atoms with van der Waals surface area (Å²) >= 11 is 0. The molecule has 1 rings (SSSR count). The first-order chi connectivity index (χ1) is 14.3. The minimum Gasteiger partial charge on any atom is -0.459 e. The van der Waals surface area contributed by atoms with Crippen LogP contribution in [0.1, 0.15) is 48.4 Å². The summed E-state index contributed by atoms with van der Waals surface area (Å²) in [4.78, 5) is 47.6. The van der Waals surface area contributed by atoms with Gasteiger partial charge in [0.2, 0.25) is 0 Å². The summed E-state index contributed by atoms with van der Waals surface area (Å²) in [5.74, 6) is -2.50. The number of benzene rings is 1. The minimum atomic E-state index is -0.753. The molecule has 8 heteroatoms. The third kappa shape index (κ3) is 7.90. The molecule has 30 heavy (non-hydrogen) atoms. The average Bonchev–Trinajstić information content (AvgIpc) is 2.77. The Morgan fingerprint density at radius 3 is 1.33 bits per heavy atom. The highest BCUT2D eigenvalue weighted by Crippen LogP contribution is 2.12. The van der Waals surface area contributed by atoms with Gasteiger partial charge in [0.1, 0.15) is 26.4 Å². The van der Waals surface area contributed by atoms with E-state index in [-0.39, 0.29) is 37.6 Å². The van der Waals surface area contributed by atoms with E-state index in [1.807, 2.05) is 0 Å². The van der Waals surface area contributed by atoms with Gasteiger partial charge in [-0.1, -0.05) is 24.3 Å². The third-order valence-corrected chi connectivity index (χ3v) is 3.98. The number of carbonyl (C=O) groups is 4. The summed E-state index contributed by atoms with van der Waals surface area (Å²) in [5.41, 5.74) is 0.919. The van der Waals surface area contributed by atoms with Crippen LogP contribution < -0.4 is 0 Å². The molecule has 0 spiro atoms. The lowest BCUT2D eigenvalue weighted by atomic mass is 10.1. The van der Waals surface area contributed by atoms with Crippen LogP contribution in [0.5, 0.6) is 0 Å². The van der Waals surface area contributed by atoms with E-state index in [1.165, 1.54) is 12.1 Å².